The van der Waals surface area contributed by atoms with Crippen LogP contribution in [-0.2, 0) is 14.3 Å². The molecule has 0 aliphatic rings. The zero-order valence-corrected chi connectivity index (χ0v) is 22.0. The first-order chi connectivity index (χ1) is 16.7. The van der Waals surface area contributed by atoms with Gasteiger partial charge in [-0.2, -0.15) is 0 Å². The van der Waals surface area contributed by atoms with Crippen LogP contribution in [-0.4, -0.2) is 56.8 Å². The van der Waals surface area contributed by atoms with Gasteiger partial charge in [-0.3, -0.25) is 9.59 Å². The number of carbonyl (C=O) groups is 3. The van der Waals surface area contributed by atoms with Gasteiger partial charge < -0.3 is 30.5 Å². The van der Waals surface area contributed by atoms with Crippen molar-refractivity contribution in [2.45, 2.75) is 71.7 Å². The number of aromatic hydroxyl groups is 1. The number of para-hydroxylation sites is 2. The normalized spacial score (nSPS) is 13.3. The lowest BCUT2D eigenvalue weighted by Crippen LogP contribution is -2.59. The van der Waals surface area contributed by atoms with Crippen LogP contribution >= 0.6 is 0 Å². The second-order valence-corrected chi connectivity index (χ2v) is 10.5. The second kappa shape index (κ2) is 11.4. The SMILES string of the molecule is Cc1ccccc1NC(=O)C(c1ccccc1O)N(C(=O)C(CO)NC(=O)OC(C)(C)C)C(C)(C)C. The van der Waals surface area contributed by atoms with Gasteiger partial charge in [-0.05, 0) is 66.2 Å². The fraction of sp³-hybridized carbons (Fsp3) is 0.444. The Labute approximate surface area is 212 Å². The van der Waals surface area contributed by atoms with Crippen molar-refractivity contribution < 1.29 is 29.3 Å². The van der Waals surface area contributed by atoms with Crippen LogP contribution in [0, 0.1) is 6.92 Å². The minimum Gasteiger partial charge on any atom is -0.508 e. The van der Waals surface area contributed by atoms with E-state index in [4.69, 9.17) is 4.74 Å². The monoisotopic (exact) mass is 499 g/mol. The molecule has 3 amide bonds. The Balaban J connectivity index is 2.55. The summed E-state index contributed by atoms with van der Waals surface area (Å²) in [6.45, 7) is 11.3. The summed E-state index contributed by atoms with van der Waals surface area (Å²) in [5, 5.41) is 25.9. The summed E-state index contributed by atoms with van der Waals surface area (Å²) in [6.07, 6.45) is -0.882. The summed E-state index contributed by atoms with van der Waals surface area (Å²) in [6, 6.07) is 10.8. The Bertz CT molecular complexity index is 1090. The van der Waals surface area contributed by atoms with Gasteiger partial charge in [-0.25, -0.2) is 4.79 Å². The van der Waals surface area contributed by atoms with Gasteiger partial charge in [0.25, 0.3) is 5.91 Å². The number of phenols is 1. The number of amides is 3. The van der Waals surface area contributed by atoms with Gasteiger partial charge in [-0.15, -0.1) is 0 Å². The van der Waals surface area contributed by atoms with E-state index in [1.54, 1.807) is 71.9 Å². The fourth-order valence-corrected chi connectivity index (χ4v) is 3.68. The highest BCUT2D eigenvalue weighted by atomic mass is 16.6. The van der Waals surface area contributed by atoms with Crippen LogP contribution in [0.2, 0.25) is 0 Å². The van der Waals surface area contributed by atoms with E-state index in [9.17, 15) is 24.6 Å². The number of benzene rings is 2. The summed E-state index contributed by atoms with van der Waals surface area (Å²) < 4.78 is 5.24. The highest BCUT2D eigenvalue weighted by Gasteiger charge is 2.42. The van der Waals surface area contributed by atoms with E-state index in [1.807, 2.05) is 19.1 Å². The Kier molecular flexibility index (Phi) is 9.10. The second-order valence-electron chi connectivity index (χ2n) is 10.5. The number of rotatable bonds is 7. The average molecular weight is 500 g/mol. The van der Waals surface area contributed by atoms with E-state index in [-0.39, 0.29) is 11.3 Å². The number of alkyl carbamates (subject to hydrolysis) is 1. The van der Waals surface area contributed by atoms with Crippen molar-refractivity contribution in [2.75, 3.05) is 11.9 Å². The van der Waals surface area contributed by atoms with E-state index < -0.39 is 47.7 Å². The molecular formula is C27H37N3O6. The van der Waals surface area contributed by atoms with Gasteiger partial charge in [0.15, 0.2) is 0 Å². The highest BCUT2D eigenvalue weighted by Crippen LogP contribution is 2.35. The standard InChI is InChI=1S/C27H37N3O6/c1-17-12-8-10-14-19(17)28-23(33)22(18-13-9-11-15-21(18)32)30(26(2,3)4)24(34)20(16-31)29-25(35)36-27(5,6)7/h8-15,20,22,31-32H,16H2,1-7H3,(H,28,33)(H,29,35). The lowest BCUT2D eigenvalue weighted by Gasteiger charge is -2.42. The maximum absolute atomic E-state index is 13.8. The van der Waals surface area contributed by atoms with Crippen molar-refractivity contribution in [3.05, 3.63) is 59.7 Å². The third-order valence-electron chi connectivity index (χ3n) is 5.27. The number of phenolic OH excluding ortho intramolecular Hbond substituents is 1. The molecule has 0 aliphatic heterocycles. The zero-order chi connectivity index (χ0) is 27.3. The minimum absolute atomic E-state index is 0.176. The van der Waals surface area contributed by atoms with E-state index in [0.29, 0.717) is 5.69 Å². The Morgan fingerprint density at radius 2 is 1.56 bits per heavy atom. The van der Waals surface area contributed by atoms with Crippen molar-refractivity contribution in [1.82, 2.24) is 10.2 Å². The summed E-state index contributed by atoms with van der Waals surface area (Å²) in [5.74, 6) is -1.46. The number of nitrogens with zero attached hydrogens (tertiary/aromatic N) is 1. The molecule has 0 bridgehead atoms. The zero-order valence-electron chi connectivity index (χ0n) is 22.0. The molecule has 0 radical (unpaired) electrons. The molecular weight excluding hydrogens is 462 g/mol. The van der Waals surface area contributed by atoms with Crippen molar-refractivity contribution >= 4 is 23.6 Å². The summed E-state index contributed by atoms with van der Waals surface area (Å²) >= 11 is 0. The molecule has 0 heterocycles. The summed E-state index contributed by atoms with van der Waals surface area (Å²) in [7, 11) is 0. The molecule has 0 saturated carbocycles. The molecule has 0 saturated heterocycles. The Hall–Kier alpha value is -3.59. The first-order valence-electron chi connectivity index (χ1n) is 11.7. The van der Waals surface area contributed by atoms with Crippen molar-refractivity contribution in [1.29, 1.82) is 0 Å². The highest BCUT2D eigenvalue weighted by molar-refractivity contribution is 6.00. The maximum atomic E-state index is 13.8. The molecule has 2 rings (SSSR count). The number of aliphatic hydroxyl groups excluding tert-OH is 1. The number of aliphatic hydroxyl groups is 1. The van der Waals surface area contributed by atoms with Gasteiger partial charge >= 0.3 is 6.09 Å². The third kappa shape index (κ3) is 7.45. The number of nitrogens with one attached hydrogen (secondary N) is 2. The summed E-state index contributed by atoms with van der Waals surface area (Å²) in [5.41, 5.74) is -0.218. The smallest absolute Gasteiger partial charge is 0.408 e. The van der Waals surface area contributed by atoms with Gasteiger partial charge in [0.2, 0.25) is 5.91 Å². The van der Waals surface area contributed by atoms with Gasteiger partial charge in [0.1, 0.15) is 23.4 Å². The first kappa shape index (κ1) is 28.6. The molecule has 196 valence electrons. The predicted molar refractivity (Wildman–Crippen MR) is 137 cm³/mol. The summed E-state index contributed by atoms with van der Waals surface area (Å²) in [4.78, 5) is 41.2. The van der Waals surface area contributed by atoms with Gasteiger partial charge in [-0.1, -0.05) is 36.4 Å². The Morgan fingerprint density at radius 1 is 0.972 bits per heavy atom. The predicted octanol–water partition coefficient (Wildman–Crippen LogP) is 3.89. The van der Waals surface area contributed by atoms with E-state index >= 15 is 0 Å². The van der Waals surface area contributed by atoms with Crippen molar-refractivity contribution in [3.8, 4) is 5.75 Å². The fourth-order valence-electron chi connectivity index (χ4n) is 3.68. The van der Waals surface area contributed by atoms with Crippen LogP contribution in [0.3, 0.4) is 0 Å². The van der Waals surface area contributed by atoms with Crippen LogP contribution in [0.15, 0.2) is 48.5 Å². The van der Waals surface area contributed by atoms with Crippen molar-refractivity contribution in [3.63, 3.8) is 0 Å². The molecule has 0 aromatic heterocycles. The molecule has 2 unspecified atom stereocenters. The topological polar surface area (TPSA) is 128 Å². The number of hydrogen-bond donors (Lipinski definition) is 4. The lowest BCUT2D eigenvalue weighted by atomic mass is 9.94. The van der Waals surface area contributed by atoms with Crippen LogP contribution in [0.5, 0.6) is 5.75 Å². The lowest BCUT2D eigenvalue weighted by molar-refractivity contribution is -0.147. The molecule has 9 nitrogen and oxygen atoms in total. The number of hydrogen-bond acceptors (Lipinski definition) is 6. The van der Waals surface area contributed by atoms with Crippen LogP contribution in [0.25, 0.3) is 0 Å². The molecule has 0 aliphatic carbocycles. The van der Waals surface area contributed by atoms with E-state index in [1.165, 1.54) is 11.0 Å². The number of anilines is 1. The minimum atomic E-state index is -1.39. The molecule has 36 heavy (non-hydrogen) atoms. The van der Waals surface area contributed by atoms with Crippen LogP contribution < -0.4 is 10.6 Å². The van der Waals surface area contributed by atoms with E-state index in [2.05, 4.69) is 10.6 Å². The third-order valence-corrected chi connectivity index (χ3v) is 5.27. The molecule has 0 fully saturated rings. The molecule has 9 heteroatoms. The van der Waals surface area contributed by atoms with Crippen LogP contribution in [0.1, 0.15) is 58.7 Å². The molecule has 4 N–H and O–H groups in total. The molecule has 0 spiro atoms. The van der Waals surface area contributed by atoms with Crippen molar-refractivity contribution in [2.24, 2.45) is 0 Å². The first-order valence-corrected chi connectivity index (χ1v) is 11.7. The molecule has 2 aromatic carbocycles. The number of aryl methyl sites for hydroxylation is 1. The van der Waals surface area contributed by atoms with Crippen LogP contribution in [0.4, 0.5) is 10.5 Å². The molecule has 2 atom stereocenters. The van der Waals surface area contributed by atoms with E-state index in [0.717, 1.165) is 5.56 Å². The van der Waals surface area contributed by atoms with Gasteiger partial charge in [0.05, 0.1) is 6.61 Å². The Morgan fingerprint density at radius 3 is 2.08 bits per heavy atom. The number of ether oxygens (including phenoxy) is 1. The number of carbonyl (C=O) groups excluding carboxylic acids is 3. The quantitative estimate of drug-likeness (QED) is 0.458. The average Bonchev–Trinajstić information content (AvgIpc) is 2.75. The maximum Gasteiger partial charge on any atom is 0.408 e. The largest absolute Gasteiger partial charge is 0.508 e. The molecule has 2 aromatic rings. The van der Waals surface area contributed by atoms with Gasteiger partial charge in [0, 0.05) is 16.8 Å².